The molecule has 1 aliphatic heterocycles. The largest absolute Gasteiger partial charge is 0.366 e. The van der Waals surface area contributed by atoms with Crippen molar-refractivity contribution in [3.05, 3.63) is 29.3 Å². The maximum atomic E-state index is 12.4. The Morgan fingerprint density at radius 2 is 2.00 bits per heavy atom. The minimum absolute atomic E-state index is 0.0434. The number of nitrogens with one attached hydrogen (secondary N) is 1. The number of nitrogens with zero attached hydrogens (tertiary/aromatic N) is 1. The highest BCUT2D eigenvalue weighted by Gasteiger charge is 2.32. The van der Waals surface area contributed by atoms with Crippen LogP contribution in [0.15, 0.2) is 18.2 Å². The van der Waals surface area contributed by atoms with E-state index >= 15 is 0 Å². The minimum Gasteiger partial charge on any atom is -0.366 e. The first-order valence-corrected chi connectivity index (χ1v) is 7.55. The molecule has 0 saturated carbocycles. The second-order valence-electron chi connectivity index (χ2n) is 5.45. The summed E-state index contributed by atoms with van der Waals surface area (Å²) < 4.78 is 0. The molecule has 114 valence electrons. The normalized spacial score (nSPS) is 17.5. The van der Waals surface area contributed by atoms with Gasteiger partial charge in [0.05, 0.1) is 17.3 Å². The quantitative estimate of drug-likeness (QED) is 0.838. The van der Waals surface area contributed by atoms with Crippen molar-refractivity contribution in [3.63, 3.8) is 0 Å². The van der Waals surface area contributed by atoms with Gasteiger partial charge >= 0.3 is 0 Å². The number of hydrogen-bond acceptors (Lipinski definition) is 3. The van der Waals surface area contributed by atoms with Crippen molar-refractivity contribution in [3.8, 4) is 0 Å². The summed E-state index contributed by atoms with van der Waals surface area (Å²) >= 11 is 0. The van der Waals surface area contributed by atoms with Crippen molar-refractivity contribution in [1.29, 1.82) is 0 Å². The average Bonchev–Trinajstić information content (AvgIpc) is 2.45. The number of anilines is 1. The van der Waals surface area contributed by atoms with Gasteiger partial charge < -0.3 is 11.1 Å². The van der Waals surface area contributed by atoms with Gasteiger partial charge in [0.1, 0.15) is 0 Å². The molecule has 1 aromatic rings. The summed E-state index contributed by atoms with van der Waals surface area (Å²) in [6.07, 6.45) is 2.65. The van der Waals surface area contributed by atoms with Crippen LogP contribution >= 0.6 is 0 Å². The molecule has 0 fully saturated rings. The van der Waals surface area contributed by atoms with Crippen LogP contribution < -0.4 is 11.1 Å². The molecule has 2 amide bonds. The predicted molar refractivity (Wildman–Crippen MR) is 83.2 cm³/mol. The summed E-state index contributed by atoms with van der Waals surface area (Å²) in [5.74, 6) is -0.553. The molecule has 0 radical (unpaired) electrons. The topological polar surface area (TPSA) is 75.4 Å². The molecular weight excluding hydrogens is 266 g/mol. The molecule has 0 saturated heterocycles. The third-order valence-corrected chi connectivity index (χ3v) is 3.84. The molecule has 5 nitrogen and oxygen atoms in total. The van der Waals surface area contributed by atoms with Crippen LogP contribution in [0.3, 0.4) is 0 Å². The molecule has 1 aliphatic rings. The van der Waals surface area contributed by atoms with Crippen LogP contribution in [0.2, 0.25) is 0 Å². The summed E-state index contributed by atoms with van der Waals surface area (Å²) in [5.41, 5.74) is 7.32. The van der Waals surface area contributed by atoms with Gasteiger partial charge in [0, 0.05) is 0 Å². The van der Waals surface area contributed by atoms with Crippen molar-refractivity contribution < 1.29 is 9.59 Å². The van der Waals surface area contributed by atoms with Gasteiger partial charge in [0.25, 0.3) is 5.91 Å². The number of carbonyl (C=O) groups is 2. The zero-order valence-electron chi connectivity index (χ0n) is 12.7. The molecule has 5 heteroatoms. The van der Waals surface area contributed by atoms with Crippen LogP contribution in [-0.4, -0.2) is 35.8 Å². The lowest BCUT2D eigenvalue weighted by Crippen LogP contribution is -2.48. The average molecular weight is 289 g/mol. The smallest absolute Gasteiger partial charge is 0.250 e. The Morgan fingerprint density at radius 3 is 2.57 bits per heavy atom. The van der Waals surface area contributed by atoms with Gasteiger partial charge in [0.2, 0.25) is 5.91 Å². The maximum Gasteiger partial charge on any atom is 0.250 e. The first-order valence-electron chi connectivity index (χ1n) is 7.55. The van der Waals surface area contributed by atoms with E-state index in [9.17, 15) is 9.59 Å². The highest BCUT2D eigenvalue weighted by atomic mass is 16.2. The lowest BCUT2D eigenvalue weighted by molar-refractivity contribution is -0.121. The van der Waals surface area contributed by atoms with Crippen LogP contribution in [0.1, 0.15) is 42.6 Å². The van der Waals surface area contributed by atoms with Crippen molar-refractivity contribution >= 4 is 17.5 Å². The van der Waals surface area contributed by atoms with E-state index in [1.54, 1.807) is 6.07 Å². The van der Waals surface area contributed by atoms with Crippen molar-refractivity contribution in [2.75, 3.05) is 18.4 Å². The van der Waals surface area contributed by atoms with Gasteiger partial charge in [-0.3, -0.25) is 14.5 Å². The predicted octanol–water partition coefficient (Wildman–Crippen LogP) is 1.77. The highest BCUT2D eigenvalue weighted by Crippen LogP contribution is 2.28. The maximum absolute atomic E-state index is 12.4. The Kier molecular flexibility index (Phi) is 4.96. The summed E-state index contributed by atoms with van der Waals surface area (Å²) in [6.45, 7) is 6.03. The van der Waals surface area contributed by atoms with Crippen molar-refractivity contribution in [2.45, 2.75) is 39.2 Å². The van der Waals surface area contributed by atoms with E-state index in [1.807, 2.05) is 12.1 Å². The number of nitrogens with two attached hydrogens (primary N) is 1. The number of rotatable bonds is 6. The van der Waals surface area contributed by atoms with E-state index in [0.717, 1.165) is 31.5 Å². The van der Waals surface area contributed by atoms with E-state index in [-0.39, 0.29) is 11.9 Å². The molecule has 1 atom stereocenters. The lowest BCUT2D eigenvalue weighted by atomic mass is 9.94. The summed E-state index contributed by atoms with van der Waals surface area (Å²) in [5, 5.41) is 2.88. The second kappa shape index (κ2) is 6.72. The zero-order valence-corrected chi connectivity index (χ0v) is 12.7. The van der Waals surface area contributed by atoms with Crippen LogP contribution in [-0.2, 0) is 11.2 Å². The monoisotopic (exact) mass is 289 g/mol. The van der Waals surface area contributed by atoms with E-state index in [4.69, 9.17) is 5.73 Å². The zero-order chi connectivity index (χ0) is 15.4. The minimum atomic E-state index is -0.510. The van der Waals surface area contributed by atoms with E-state index in [1.165, 1.54) is 0 Å². The van der Waals surface area contributed by atoms with Gasteiger partial charge in [-0.05, 0) is 44.0 Å². The van der Waals surface area contributed by atoms with Gasteiger partial charge in [-0.25, -0.2) is 0 Å². The molecule has 0 spiro atoms. The number of primary amides is 1. The number of hydrogen-bond donors (Lipinski definition) is 2. The van der Waals surface area contributed by atoms with E-state index < -0.39 is 5.91 Å². The third kappa shape index (κ3) is 3.24. The second-order valence-corrected chi connectivity index (χ2v) is 5.45. The summed E-state index contributed by atoms with van der Waals surface area (Å²) in [6, 6.07) is 5.25. The van der Waals surface area contributed by atoms with Crippen molar-refractivity contribution in [1.82, 2.24) is 4.90 Å². The van der Waals surface area contributed by atoms with Crippen LogP contribution in [0.25, 0.3) is 0 Å². The molecule has 0 aromatic heterocycles. The first kappa shape index (κ1) is 15.5. The Morgan fingerprint density at radius 1 is 1.33 bits per heavy atom. The number of benzene rings is 1. The molecule has 1 aromatic carbocycles. The van der Waals surface area contributed by atoms with Crippen LogP contribution in [0.5, 0.6) is 0 Å². The number of amides is 2. The molecule has 1 heterocycles. The molecule has 3 N–H and O–H groups in total. The molecule has 2 rings (SSSR count). The third-order valence-electron chi connectivity index (χ3n) is 3.84. The van der Waals surface area contributed by atoms with Crippen LogP contribution in [0.4, 0.5) is 5.69 Å². The standard InChI is InChI=1S/C16H23N3O2/c1-3-8-19(9-4-2)13-10-11-6-5-7-12(15(17)20)14(11)18-16(13)21/h5-7,13H,3-4,8-10H2,1-2H3,(H2,17,20)(H,18,21). The van der Waals surface area contributed by atoms with Gasteiger partial charge in [-0.2, -0.15) is 0 Å². The molecule has 0 bridgehead atoms. The lowest BCUT2D eigenvalue weighted by Gasteiger charge is -2.34. The summed E-state index contributed by atoms with van der Waals surface area (Å²) in [7, 11) is 0. The SMILES string of the molecule is CCCN(CCC)C1Cc2cccc(C(N)=O)c2NC1=O. The summed E-state index contributed by atoms with van der Waals surface area (Å²) in [4.78, 5) is 26.1. The Hall–Kier alpha value is -1.88. The molecular formula is C16H23N3O2. The molecule has 1 unspecified atom stereocenters. The Balaban J connectivity index is 2.30. The number of fused-ring (bicyclic) bond motifs is 1. The fourth-order valence-electron chi connectivity index (χ4n) is 2.92. The molecule has 21 heavy (non-hydrogen) atoms. The van der Waals surface area contributed by atoms with Gasteiger partial charge in [0.15, 0.2) is 0 Å². The van der Waals surface area contributed by atoms with E-state index in [0.29, 0.717) is 17.7 Å². The Bertz CT molecular complexity index is 536. The van der Waals surface area contributed by atoms with Crippen LogP contribution in [0, 0.1) is 0 Å². The Labute approximate surface area is 125 Å². The fourth-order valence-corrected chi connectivity index (χ4v) is 2.92. The fraction of sp³-hybridized carbons (Fsp3) is 0.500. The van der Waals surface area contributed by atoms with Crippen molar-refractivity contribution in [2.24, 2.45) is 5.73 Å². The van der Waals surface area contributed by atoms with E-state index in [2.05, 4.69) is 24.1 Å². The first-order chi connectivity index (χ1) is 10.1. The molecule has 0 aliphatic carbocycles. The highest BCUT2D eigenvalue weighted by molar-refractivity contribution is 6.06. The number of carbonyl (C=O) groups excluding carboxylic acids is 2. The van der Waals surface area contributed by atoms with Gasteiger partial charge in [-0.15, -0.1) is 0 Å². The van der Waals surface area contributed by atoms with Gasteiger partial charge in [-0.1, -0.05) is 26.0 Å². The number of para-hydroxylation sites is 1.